The van der Waals surface area contributed by atoms with E-state index in [2.05, 4.69) is 5.10 Å². The van der Waals surface area contributed by atoms with Crippen molar-refractivity contribution < 1.29 is 9.13 Å². The minimum absolute atomic E-state index is 0.104. The summed E-state index contributed by atoms with van der Waals surface area (Å²) in [6.07, 6.45) is 5.21. The fraction of sp³-hybridized carbons (Fsp3) is 0.368. The van der Waals surface area contributed by atoms with Crippen LogP contribution < -0.4 is 5.56 Å². The number of alkyl halides is 1. The zero-order valence-corrected chi connectivity index (χ0v) is 15.4. The normalized spacial score (nSPS) is 12.0. The lowest BCUT2D eigenvalue weighted by Gasteiger charge is -2.20. The molecule has 0 amide bonds. The minimum Gasteiger partial charge on any atom is -0.374 e. The maximum absolute atomic E-state index is 12.3. The molecule has 0 aliphatic carbocycles. The van der Waals surface area contributed by atoms with Gasteiger partial charge in [0.2, 0.25) is 0 Å². The summed E-state index contributed by atoms with van der Waals surface area (Å²) in [5, 5.41) is 4.35. The van der Waals surface area contributed by atoms with E-state index in [-0.39, 0.29) is 17.2 Å². The van der Waals surface area contributed by atoms with Crippen molar-refractivity contribution in [3.63, 3.8) is 0 Å². The Kier molecular flexibility index (Phi) is 6.51. The summed E-state index contributed by atoms with van der Waals surface area (Å²) in [6, 6.07) is 7.66. The number of hydrogen-bond donors (Lipinski definition) is 0. The van der Waals surface area contributed by atoms with E-state index in [4.69, 9.17) is 16.3 Å². The molecule has 25 heavy (non-hydrogen) atoms. The molecule has 4 nitrogen and oxygen atoms in total. The smallest absolute Gasteiger partial charge is 0.286 e. The maximum atomic E-state index is 12.3. The van der Waals surface area contributed by atoms with Crippen LogP contribution in [0.4, 0.5) is 4.39 Å². The first-order valence-corrected chi connectivity index (χ1v) is 8.40. The van der Waals surface area contributed by atoms with Crippen LogP contribution in [0.1, 0.15) is 37.5 Å². The first-order chi connectivity index (χ1) is 11.8. The summed E-state index contributed by atoms with van der Waals surface area (Å²) < 4.78 is 18.5. The lowest BCUT2D eigenvalue weighted by molar-refractivity contribution is 0.106. The van der Waals surface area contributed by atoms with Crippen molar-refractivity contribution in [2.75, 3.05) is 13.3 Å². The number of ether oxygens (including phenoxy) is 1. The summed E-state index contributed by atoms with van der Waals surface area (Å²) in [5.41, 5.74) is 1.76. The second-order valence-corrected chi connectivity index (χ2v) is 7.00. The Morgan fingerprint density at radius 2 is 1.92 bits per heavy atom. The van der Waals surface area contributed by atoms with Crippen LogP contribution in [-0.4, -0.2) is 23.1 Å². The molecule has 0 aliphatic heterocycles. The average molecular weight is 365 g/mol. The lowest BCUT2D eigenvalue weighted by Crippen LogP contribution is -2.36. The molecule has 2 aromatic rings. The van der Waals surface area contributed by atoms with E-state index < -0.39 is 12.2 Å². The molecule has 1 aromatic carbocycles. The zero-order chi connectivity index (χ0) is 18.4. The van der Waals surface area contributed by atoms with Gasteiger partial charge in [-0.15, -0.1) is 0 Å². The summed E-state index contributed by atoms with van der Waals surface area (Å²) in [6.45, 7) is 5.69. The molecule has 6 heteroatoms. The maximum Gasteiger partial charge on any atom is 0.286 e. The molecular weight excluding hydrogens is 343 g/mol. The zero-order valence-electron chi connectivity index (χ0n) is 14.6. The van der Waals surface area contributed by atoms with Crippen LogP contribution in [0.25, 0.3) is 12.2 Å². The van der Waals surface area contributed by atoms with Crippen molar-refractivity contribution in [3.8, 4) is 0 Å². The van der Waals surface area contributed by atoms with Crippen molar-refractivity contribution >= 4 is 23.8 Å². The molecule has 1 aromatic heterocycles. The molecule has 134 valence electrons. The van der Waals surface area contributed by atoms with Crippen LogP contribution in [-0.2, 0) is 16.9 Å². The van der Waals surface area contributed by atoms with Gasteiger partial charge in [-0.1, -0.05) is 48.0 Å². The monoisotopic (exact) mass is 364 g/mol. The third-order valence-corrected chi connectivity index (χ3v) is 3.89. The van der Waals surface area contributed by atoms with Crippen LogP contribution >= 0.6 is 11.6 Å². The van der Waals surface area contributed by atoms with Crippen LogP contribution in [0.2, 0.25) is 5.02 Å². The van der Waals surface area contributed by atoms with E-state index in [1.54, 1.807) is 12.3 Å². The van der Waals surface area contributed by atoms with Gasteiger partial charge in [-0.2, -0.15) is 5.10 Å². The van der Waals surface area contributed by atoms with E-state index in [1.165, 1.54) is 4.68 Å². The number of nitrogens with zero attached hydrogens (tertiary/aromatic N) is 2. The summed E-state index contributed by atoms with van der Waals surface area (Å²) in [7, 11) is 0. The third-order valence-electron chi connectivity index (χ3n) is 3.51. The van der Waals surface area contributed by atoms with Gasteiger partial charge in [-0.05, 0) is 31.9 Å². The minimum atomic E-state index is -0.483. The summed E-state index contributed by atoms with van der Waals surface area (Å²) in [4.78, 5) is 12.3. The number of benzene rings is 1. The molecule has 0 spiro atoms. The molecule has 1 heterocycles. The van der Waals surface area contributed by atoms with Gasteiger partial charge >= 0.3 is 0 Å². The standard InChI is InChI=1S/C19H22ClFN2O2/c1-19(2,3)23-18(24)17(20)16(12-22-23)9-8-14-4-6-15(7-5-14)13-25-11-10-21/h4-9,12H,10-11,13H2,1-3H3/b9-8+. The quantitative estimate of drug-likeness (QED) is 0.717. The van der Waals surface area contributed by atoms with E-state index in [0.717, 1.165) is 11.1 Å². The highest BCUT2D eigenvalue weighted by Gasteiger charge is 2.18. The molecule has 0 saturated heterocycles. The third kappa shape index (κ3) is 5.25. The molecule has 0 atom stereocenters. The van der Waals surface area contributed by atoms with Gasteiger partial charge in [-0.3, -0.25) is 4.79 Å². The van der Waals surface area contributed by atoms with E-state index in [1.807, 2.05) is 51.1 Å². The van der Waals surface area contributed by atoms with E-state index in [9.17, 15) is 9.18 Å². The highest BCUT2D eigenvalue weighted by Crippen LogP contribution is 2.17. The second-order valence-electron chi connectivity index (χ2n) is 6.62. The van der Waals surface area contributed by atoms with Gasteiger partial charge in [0.1, 0.15) is 11.7 Å². The highest BCUT2D eigenvalue weighted by molar-refractivity contribution is 6.31. The Hall–Kier alpha value is -1.98. The predicted molar refractivity (Wildman–Crippen MR) is 99.5 cm³/mol. The van der Waals surface area contributed by atoms with Crippen LogP contribution in [0, 0.1) is 0 Å². The molecule has 0 aliphatic rings. The summed E-state index contributed by atoms with van der Waals surface area (Å²) >= 11 is 6.20. The number of halogens is 2. The molecule has 0 N–H and O–H groups in total. The van der Waals surface area contributed by atoms with Gasteiger partial charge < -0.3 is 4.74 Å². The predicted octanol–water partition coefficient (Wildman–Crippen LogP) is 4.31. The molecule has 0 radical (unpaired) electrons. The first kappa shape index (κ1) is 19.3. The lowest BCUT2D eigenvalue weighted by atomic mass is 10.1. The van der Waals surface area contributed by atoms with Gasteiger partial charge in [0.25, 0.3) is 5.56 Å². The highest BCUT2D eigenvalue weighted by atomic mass is 35.5. The van der Waals surface area contributed by atoms with Crippen molar-refractivity contribution in [1.82, 2.24) is 9.78 Å². The molecule has 0 saturated carbocycles. The molecule has 0 fully saturated rings. The molecular formula is C19H22ClFN2O2. The Bertz CT molecular complexity index is 793. The van der Waals surface area contributed by atoms with E-state index in [0.29, 0.717) is 12.2 Å². The number of rotatable bonds is 6. The first-order valence-electron chi connectivity index (χ1n) is 8.02. The SMILES string of the molecule is CC(C)(C)n1ncc(/C=C/c2ccc(COCCF)cc2)c(Cl)c1=O. The Morgan fingerprint density at radius 3 is 2.52 bits per heavy atom. The van der Waals surface area contributed by atoms with E-state index >= 15 is 0 Å². The van der Waals surface area contributed by atoms with Crippen molar-refractivity contribution in [3.05, 3.63) is 62.5 Å². The van der Waals surface area contributed by atoms with Gasteiger partial charge in [0.15, 0.2) is 0 Å². The van der Waals surface area contributed by atoms with Crippen molar-refractivity contribution in [2.45, 2.75) is 32.9 Å². The molecule has 0 unspecified atom stereocenters. The average Bonchev–Trinajstić information content (AvgIpc) is 2.56. The fourth-order valence-corrected chi connectivity index (χ4v) is 2.39. The van der Waals surface area contributed by atoms with Crippen molar-refractivity contribution in [1.29, 1.82) is 0 Å². The van der Waals surface area contributed by atoms with Crippen molar-refractivity contribution in [2.24, 2.45) is 0 Å². The van der Waals surface area contributed by atoms with Crippen LogP contribution in [0.15, 0.2) is 35.3 Å². The molecule has 0 bridgehead atoms. The molecule has 2 rings (SSSR count). The Morgan fingerprint density at radius 1 is 1.24 bits per heavy atom. The largest absolute Gasteiger partial charge is 0.374 e. The number of hydrogen-bond acceptors (Lipinski definition) is 3. The Balaban J connectivity index is 2.14. The van der Waals surface area contributed by atoms with Crippen LogP contribution in [0.3, 0.4) is 0 Å². The topological polar surface area (TPSA) is 44.1 Å². The Labute approximate surface area is 151 Å². The second kappa shape index (κ2) is 8.41. The van der Waals surface area contributed by atoms with Gasteiger partial charge in [0, 0.05) is 5.56 Å². The number of aromatic nitrogens is 2. The summed E-state index contributed by atoms with van der Waals surface area (Å²) in [5.74, 6) is 0. The fourth-order valence-electron chi connectivity index (χ4n) is 2.20. The van der Waals surface area contributed by atoms with Crippen LogP contribution in [0.5, 0.6) is 0 Å². The van der Waals surface area contributed by atoms with Gasteiger partial charge in [0.05, 0.1) is 24.9 Å². The van der Waals surface area contributed by atoms with Gasteiger partial charge in [-0.25, -0.2) is 9.07 Å².